The number of hydrogen-bond acceptors (Lipinski definition) is 6. The van der Waals surface area contributed by atoms with Crippen molar-refractivity contribution in [1.82, 2.24) is 10.2 Å². The number of hydrogen-bond donors (Lipinski definition) is 1. The highest BCUT2D eigenvalue weighted by atomic mass is 127. The van der Waals surface area contributed by atoms with Crippen LogP contribution in [0.5, 0.6) is 11.5 Å². The number of benzene rings is 3. The third-order valence-electron chi connectivity index (χ3n) is 5.37. The Kier molecular flexibility index (Phi) is 7.54. The Morgan fingerprint density at radius 2 is 1.86 bits per heavy atom. The van der Waals surface area contributed by atoms with E-state index in [2.05, 4.69) is 50.8 Å². The number of esters is 1. The Labute approximate surface area is 216 Å². The molecule has 0 aliphatic carbocycles. The number of fused-ring (bicyclic) bond motifs is 1. The number of carbonyl (C=O) groups excluding carboxylic acids is 3. The topological polar surface area (TPSA) is 94.2 Å². The van der Waals surface area contributed by atoms with Gasteiger partial charge < -0.3 is 19.5 Å². The molecule has 1 N–H and O–H groups in total. The van der Waals surface area contributed by atoms with Gasteiger partial charge in [-0.2, -0.15) is 0 Å². The molecule has 4 rings (SSSR count). The summed E-state index contributed by atoms with van der Waals surface area (Å²) in [6, 6.07) is 17.1. The third kappa shape index (κ3) is 5.40. The highest BCUT2D eigenvalue weighted by Crippen LogP contribution is 2.36. The SMILES string of the molecule is CCOc1cc(/C=C2/NC(=O)N(CC(=O)OC)C2=O)cc(I)c1OCc1cccc2ccccc12. The normalized spacial score (nSPS) is 14.4. The van der Waals surface area contributed by atoms with Crippen LogP contribution in [-0.2, 0) is 20.9 Å². The van der Waals surface area contributed by atoms with Gasteiger partial charge >= 0.3 is 12.0 Å². The van der Waals surface area contributed by atoms with E-state index in [4.69, 9.17) is 9.47 Å². The van der Waals surface area contributed by atoms with Crippen LogP contribution < -0.4 is 14.8 Å². The van der Waals surface area contributed by atoms with Gasteiger partial charge in [-0.3, -0.25) is 9.59 Å². The monoisotopic (exact) mass is 586 g/mol. The zero-order valence-corrected chi connectivity index (χ0v) is 21.3. The summed E-state index contributed by atoms with van der Waals surface area (Å²) < 4.78 is 17.4. The molecule has 9 heteroatoms. The smallest absolute Gasteiger partial charge is 0.329 e. The number of ether oxygens (including phenoxy) is 3. The van der Waals surface area contributed by atoms with E-state index in [1.807, 2.05) is 37.3 Å². The van der Waals surface area contributed by atoms with E-state index in [9.17, 15) is 14.4 Å². The Bertz CT molecular complexity index is 1330. The van der Waals surface area contributed by atoms with Crippen LogP contribution in [0.2, 0.25) is 0 Å². The maximum Gasteiger partial charge on any atom is 0.329 e. The number of halogens is 1. The molecule has 3 aromatic rings. The van der Waals surface area contributed by atoms with Crippen molar-refractivity contribution < 1.29 is 28.6 Å². The van der Waals surface area contributed by atoms with Gasteiger partial charge in [-0.05, 0) is 69.6 Å². The van der Waals surface area contributed by atoms with Crippen molar-refractivity contribution in [1.29, 1.82) is 0 Å². The molecule has 0 bridgehead atoms. The number of urea groups is 1. The standard InChI is InChI=1S/C26H23IN2O6/c1-3-34-22-13-16(12-21-25(31)29(26(32)28-21)14-23(30)33-2)11-20(27)24(22)35-15-18-9-6-8-17-7-4-5-10-19(17)18/h4-13H,3,14-15H2,1-2H3,(H,28,32)/b21-12+. The lowest BCUT2D eigenvalue weighted by Crippen LogP contribution is -2.36. The molecule has 0 radical (unpaired) electrons. The van der Waals surface area contributed by atoms with Gasteiger partial charge in [0.1, 0.15) is 18.8 Å². The van der Waals surface area contributed by atoms with Gasteiger partial charge in [0, 0.05) is 0 Å². The van der Waals surface area contributed by atoms with Crippen LogP contribution in [-0.4, -0.2) is 43.1 Å². The van der Waals surface area contributed by atoms with Gasteiger partial charge in [0.2, 0.25) is 0 Å². The van der Waals surface area contributed by atoms with E-state index in [-0.39, 0.29) is 5.70 Å². The molecule has 1 heterocycles. The van der Waals surface area contributed by atoms with Crippen molar-refractivity contribution in [2.75, 3.05) is 20.3 Å². The molecule has 0 aromatic heterocycles. The van der Waals surface area contributed by atoms with Crippen LogP contribution in [0.4, 0.5) is 4.79 Å². The van der Waals surface area contributed by atoms with E-state index < -0.39 is 24.5 Å². The zero-order chi connectivity index (χ0) is 24.9. The molecule has 1 aliphatic heterocycles. The minimum Gasteiger partial charge on any atom is -0.490 e. The zero-order valence-electron chi connectivity index (χ0n) is 19.2. The number of nitrogens with one attached hydrogen (secondary N) is 1. The molecule has 1 fully saturated rings. The summed E-state index contributed by atoms with van der Waals surface area (Å²) in [5, 5.41) is 4.76. The predicted molar refractivity (Wildman–Crippen MR) is 139 cm³/mol. The second-order valence-corrected chi connectivity index (χ2v) is 8.81. The van der Waals surface area contributed by atoms with E-state index in [1.165, 1.54) is 13.2 Å². The van der Waals surface area contributed by atoms with Crippen molar-refractivity contribution in [2.24, 2.45) is 0 Å². The lowest BCUT2D eigenvalue weighted by molar-refractivity contribution is -0.143. The highest BCUT2D eigenvalue weighted by Gasteiger charge is 2.35. The molecular formula is C26H23IN2O6. The quantitative estimate of drug-likeness (QED) is 0.181. The average molecular weight is 586 g/mol. The number of rotatable bonds is 8. The van der Waals surface area contributed by atoms with E-state index in [0.29, 0.717) is 30.3 Å². The van der Waals surface area contributed by atoms with E-state index in [0.717, 1.165) is 24.8 Å². The number of nitrogens with zero attached hydrogens (tertiary/aromatic N) is 1. The summed E-state index contributed by atoms with van der Waals surface area (Å²) in [6.45, 7) is 2.19. The minimum atomic E-state index is -0.685. The van der Waals surface area contributed by atoms with Gasteiger partial charge in [0.15, 0.2) is 11.5 Å². The second-order valence-electron chi connectivity index (χ2n) is 7.65. The molecule has 0 unspecified atom stereocenters. The van der Waals surface area contributed by atoms with E-state index in [1.54, 1.807) is 6.07 Å². The maximum atomic E-state index is 12.6. The first-order valence-electron chi connectivity index (χ1n) is 10.9. The van der Waals surface area contributed by atoms with Gasteiger partial charge in [0.05, 0.1) is 17.3 Å². The molecule has 0 saturated carbocycles. The first-order chi connectivity index (χ1) is 16.9. The maximum absolute atomic E-state index is 12.6. The molecule has 8 nitrogen and oxygen atoms in total. The Morgan fingerprint density at radius 1 is 1.09 bits per heavy atom. The Morgan fingerprint density at radius 3 is 2.63 bits per heavy atom. The van der Waals surface area contributed by atoms with E-state index >= 15 is 0 Å². The number of methoxy groups -OCH3 is 1. The molecule has 0 atom stereocenters. The Hall–Kier alpha value is -3.60. The summed E-state index contributed by atoms with van der Waals surface area (Å²) in [4.78, 5) is 37.1. The fourth-order valence-corrected chi connectivity index (χ4v) is 4.50. The molecule has 1 aliphatic rings. The highest BCUT2D eigenvalue weighted by molar-refractivity contribution is 14.1. The van der Waals surface area contributed by atoms with Gasteiger partial charge in [-0.15, -0.1) is 0 Å². The van der Waals surface area contributed by atoms with Crippen LogP contribution in [0.3, 0.4) is 0 Å². The number of imide groups is 1. The fraction of sp³-hybridized carbons (Fsp3) is 0.192. The minimum absolute atomic E-state index is 0.0570. The third-order valence-corrected chi connectivity index (χ3v) is 6.17. The van der Waals surface area contributed by atoms with Gasteiger partial charge in [0.25, 0.3) is 5.91 Å². The molecule has 1 saturated heterocycles. The van der Waals surface area contributed by atoms with Crippen molar-refractivity contribution in [3.63, 3.8) is 0 Å². The molecule has 180 valence electrons. The van der Waals surface area contributed by atoms with Crippen molar-refractivity contribution in [3.05, 3.63) is 75.0 Å². The predicted octanol–water partition coefficient (Wildman–Crippen LogP) is 4.49. The lowest BCUT2D eigenvalue weighted by atomic mass is 10.1. The lowest BCUT2D eigenvalue weighted by Gasteiger charge is -2.16. The van der Waals surface area contributed by atoms with Crippen LogP contribution >= 0.6 is 22.6 Å². The van der Waals surface area contributed by atoms with Crippen LogP contribution in [0.15, 0.2) is 60.3 Å². The molecule has 3 aromatic carbocycles. The first-order valence-corrected chi connectivity index (χ1v) is 12.0. The molecular weight excluding hydrogens is 563 g/mol. The molecule has 35 heavy (non-hydrogen) atoms. The van der Waals surface area contributed by atoms with Gasteiger partial charge in [-0.25, -0.2) is 9.69 Å². The van der Waals surface area contributed by atoms with Crippen molar-refractivity contribution in [2.45, 2.75) is 13.5 Å². The summed E-state index contributed by atoms with van der Waals surface area (Å²) in [7, 11) is 1.19. The fourth-order valence-electron chi connectivity index (χ4n) is 3.72. The summed E-state index contributed by atoms with van der Waals surface area (Å²) in [6.07, 6.45) is 1.54. The van der Waals surface area contributed by atoms with Crippen molar-refractivity contribution >= 4 is 57.3 Å². The first kappa shape index (κ1) is 24.5. The number of carbonyl (C=O) groups is 3. The number of amides is 3. The van der Waals surface area contributed by atoms with Gasteiger partial charge in [-0.1, -0.05) is 42.5 Å². The summed E-state index contributed by atoms with van der Waals surface area (Å²) >= 11 is 2.15. The Balaban J connectivity index is 1.59. The average Bonchev–Trinajstić information content (AvgIpc) is 3.10. The molecule has 3 amide bonds. The van der Waals surface area contributed by atoms with Crippen molar-refractivity contribution in [3.8, 4) is 11.5 Å². The summed E-state index contributed by atoms with van der Waals surface area (Å²) in [5.74, 6) is -0.174. The largest absolute Gasteiger partial charge is 0.490 e. The molecule has 0 spiro atoms. The summed E-state index contributed by atoms with van der Waals surface area (Å²) in [5.41, 5.74) is 1.75. The second kappa shape index (κ2) is 10.8. The van der Waals surface area contributed by atoms with Crippen LogP contribution in [0.1, 0.15) is 18.1 Å². The van der Waals surface area contributed by atoms with Crippen LogP contribution in [0, 0.1) is 3.57 Å². The van der Waals surface area contributed by atoms with Crippen LogP contribution in [0.25, 0.3) is 16.8 Å².